The van der Waals surface area contributed by atoms with E-state index in [1.807, 2.05) is 6.08 Å². The van der Waals surface area contributed by atoms with E-state index in [0.29, 0.717) is 11.0 Å². The van der Waals surface area contributed by atoms with E-state index >= 15 is 0 Å². The van der Waals surface area contributed by atoms with Gasteiger partial charge in [0.05, 0.1) is 0 Å². The van der Waals surface area contributed by atoms with Gasteiger partial charge in [0, 0.05) is 31.3 Å². The predicted octanol–water partition coefficient (Wildman–Crippen LogP) is 3.09. The molecule has 5 heteroatoms. The summed E-state index contributed by atoms with van der Waals surface area (Å²) in [6, 6.07) is 3.69. The predicted molar refractivity (Wildman–Crippen MR) is 83.6 cm³/mol. The van der Waals surface area contributed by atoms with E-state index in [2.05, 4.69) is 10.2 Å². The molecule has 3 rings (SSSR count). The lowest BCUT2D eigenvalue weighted by Crippen LogP contribution is -2.29. The number of likely N-dealkylation sites (tertiary alicyclic amines) is 1. The minimum atomic E-state index is -0.533. The highest BCUT2D eigenvalue weighted by Gasteiger charge is 2.39. The lowest BCUT2D eigenvalue weighted by atomic mass is 9.87. The molecule has 2 saturated heterocycles. The molecule has 2 nitrogen and oxygen atoms in total. The third-order valence-electron chi connectivity index (χ3n) is 4.47. The largest absolute Gasteiger partial charge is 0.316 e. The second kappa shape index (κ2) is 6.86. The van der Waals surface area contributed by atoms with Crippen molar-refractivity contribution in [1.82, 2.24) is 10.2 Å². The van der Waals surface area contributed by atoms with Crippen LogP contribution in [0, 0.1) is 17.0 Å². The molecule has 2 heterocycles. The molecule has 0 saturated carbocycles. The average Bonchev–Trinajstić information content (AvgIpc) is 3.03. The fourth-order valence-corrected chi connectivity index (χ4v) is 3.29. The monoisotopic (exact) mass is 314 g/mol. The van der Waals surface area contributed by atoms with Gasteiger partial charge in [-0.15, -0.1) is 12.4 Å². The highest BCUT2D eigenvalue weighted by Crippen LogP contribution is 2.35. The SMILES string of the molecule is Cl.Fc1ccc(/C=C/CN2CCC3(CCNC3)C2)c(F)c1. The molecule has 0 bridgehead atoms. The number of nitrogens with zero attached hydrogens (tertiary/aromatic N) is 1. The van der Waals surface area contributed by atoms with Gasteiger partial charge in [0.1, 0.15) is 11.6 Å². The van der Waals surface area contributed by atoms with Crippen molar-refractivity contribution in [3.05, 3.63) is 41.5 Å². The molecule has 0 aliphatic carbocycles. The maximum atomic E-state index is 13.5. The van der Waals surface area contributed by atoms with Crippen molar-refractivity contribution in [3.8, 4) is 0 Å². The van der Waals surface area contributed by atoms with Crippen molar-refractivity contribution >= 4 is 18.5 Å². The van der Waals surface area contributed by atoms with E-state index in [4.69, 9.17) is 0 Å². The summed E-state index contributed by atoms with van der Waals surface area (Å²) in [6.07, 6.45) is 6.23. The summed E-state index contributed by atoms with van der Waals surface area (Å²) in [7, 11) is 0. The van der Waals surface area contributed by atoms with Crippen LogP contribution in [0.2, 0.25) is 0 Å². The minimum absolute atomic E-state index is 0. The van der Waals surface area contributed by atoms with Crippen molar-refractivity contribution in [2.45, 2.75) is 12.8 Å². The second-order valence-corrected chi connectivity index (χ2v) is 5.98. The van der Waals surface area contributed by atoms with Gasteiger partial charge in [0.2, 0.25) is 0 Å². The molecule has 1 unspecified atom stereocenters. The second-order valence-electron chi connectivity index (χ2n) is 5.98. The summed E-state index contributed by atoms with van der Waals surface area (Å²) in [5.41, 5.74) is 0.914. The fraction of sp³-hybridized carbons (Fsp3) is 0.500. The number of benzene rings is 1. The van der Waals surface area contributed by atoms with Gasteiger partial charge in [-0.2, -0.15) is 0 Å². The summed E-state index contributed by atoms with van der Waals surface area (Å²) in [4.78, 5) is 2.41. The number of nitrogens with one attached hydrogen (secondary N) is 1. The lowest BCUT2D eigenvalue weighted by molar-refractivity contribution is 0.293. The van der Waals surface area contributed by atoms with Crippen molar-refractivity contribution in [2.24, 2.45) is 5.41 Å². The number of hydrogen-bond donors (Lipinski definition) is 1. The lowest BCUT2D eigenvalue weighted by Gasteiger charge is -2.22. The topological polar surface area (TPSA) is 15.3 Å². The van der Waals surface area contributed by atoms with Gasteiger partial charge >= 0.3 is 0 Å². The van der Waals surface area contributed by atoms with Crippen LogP contribution in [-0.2, 0) is 0 Å². The van der Waals surface area contributed by atoms with Gasteiger partial charge in [-0.25, -0.2) is 8.78 Å². The smallest absolute Gasteiger partial charge is 0.133 e. The van der Waals surface area contributed by atoms with E-state index in [-0.39, 0.29) is 12.4 Å². The molecule has 2 aliphatic heterocycles. The summed E-state index contributed by atoms with van der Waals surface area (Å²) in [5.74, 6) is -1.03. The van der Waals surface area contributed by atoms with E-state index in [1.54, 1.807) is 6.08 Å². The molecule has 0 amide bonds. The molecule has 2 fully saturated rings. The average molecular weight is 315 g/mol. The number of halogens is 3. The highest BCUT2D eigenvalue weighted by atomic mass is 35.5. The van der Waals surface area contributed by atoms with Crippen molar-refractivity contribution < 1.29 is 8.78 Å². The normalized spacial score (nSPS) is 25.8. The van der Waals surface area contributed by atoms with Crippen molar-refractivity contribution in [3.63, 3.8) is 0 Å². The van der Waals surface area contributed by atoms with Gasteiger partial charge in [-0.05, 0) is 43.5 Å². The summed E-state index contributed by atoms with van der Waals surface area (Å²) in [6.45, 7) is 5.32. The zero-order chi connectivity index (χ0) is 14.0. The van der Waals surface area contributed by atoms with Gasteiger partial charge in [0.25, 0.3) is 0 Å². The zero-order valence-electron chi connectivity index (χ0n) is 11.9. The Bertz CT molecular complexity index is 513. The van der Waals surface area contributed by atoms with Gasteiger partial charge in [-0.3, -0.25) is 4.90 Å². The van der Waals surface area contributed by atoms with Gasteiger partial charge in [-0.1, -0.05) is 12.2 Å². The Balaban J connectivity index is 0.00000161. The van der Waals surface area contributed by atoms with Crippen molar-refractivity contribution in [1.29, 1.82) is 0 Å². The molecule has 21 heavy (non-hydrogen) atoms. The Morgan fingerprint density at radius 2 is 2.14 bits per heavy atom. The summed E-state index contributed by atoms with van der Waals surface area (Å²) >= 11 is 0. The molecule has 1 N–H and O–H groups in total. The molecule has 1 spiro atoms. The Hall–Kier alpha value is -0.970. The Morgan fingerprint density at radius 3 is 2.86 bits per heavy atom. The quantitative estimate of drug-likeness (QED) is 0.922. The van der Waals surface area contributed by atoms with E-state index < -0.39 is 11.6 Å². The molecule has 0 aromatic heterocycles. The van der Waals surface area contributed by atoms with Crippen LogP contribution in [0.15, 0.2) is 24.3 Å². The van der Waals surface area contributed by atoms with Crippen LogP contribution in [0.1, 0.15) is 18.4 Å². The third kappa shape index (κ3) is 3.82. The molecular weight excluding hydrogens is 294 g/mol. The van der Waals surface area contributed by atoms with Crippen LogP contribution in [0.3, 0.4) is 0 Å². The molecule has 1 aromatic rings. The molecule has 116 valence electrons. The molecule has 0 radical (unpaired) electrons. The van der Waals surface area contributed by atoms with E-state index in [1.165, 1.54) is 25.0 Å². The third-order valence-corrected chi connectivity index (χ3v) is 4.47. The number of hydrogen-bond acceptors (Lipinski definition) is 2. The summed E-state index contributed by atoms with van der Waals surface area (Å²) < 4.78 is 26.3. The first-order valence-corrected chi connectivity index (χ1v) is 7.22. The molecular formula is C16H21ClF2N2. The summed E-state index contributed by atoms with van der Waals surface area (Å²) in [5, 5.41) is 3.44. The first-order chi connectivity index (χ1) is 9.67. The van der Waals surface area contributed by atoms with Crippen LogP contribution < -0.4 is 5.32 Å². The van der Waals surface area contributed by atoms with Crippen LogP contribution in [0.4, 0.5) is 8.78 Å². The maximum Gasteiger partial charge on any atom is 0.133 e. The Kier molecular flexibility index (Phi) is 5.36. The molecule has 2 aliphatic rings. The molecule has 1 atom stereocenters. The van der Waals surface area contributed by atoms with Gasteiger partial charge < -0.3 is 5.32 Å². The standard InChI is InChI=1S/C16H20F2N2.ClH/c17-14-4-3-13(15(18)10-14)2-1-8-20-9-6-16(12-20)5-7-19-11-16;/h1-4,10,19H,5-9,11-12H2;1H/b2-1+;. The fourth-order valence-electron chi connectivity index (χ4n) is 3.29. The van der Waals surface area contributed by atoms with E-state index in [9.17, 15) is 8.78 Å². The van der Waals surface area contributed by atoms with Gasteiger partial charge in [0.15, 0.2) is 0 Å². The Labute approximate surface area is 130 Å². The van der Waals surface area contributed by atoms with Crippen LogP contribution >= 0.6 is 12.4 Å². The van der Waals surface area contributed by atoms with Crippen LogP contribution in [0.5, 0.6) is 0 Å². The van der Waals surface area contributed by atoms with Crippen LogP contribution in [0.25, 0.3) is 6.08 Å². The highest BCUT2D eigenvalue weighted by molar-refractivity contribution is 5.85. The maximum absolute atomic E-state index is 13.5. The van der Waals surface area contributed by atoms with Crippen LogP contribution in [-0.4, -0.2) is 37.6 Å². The first-order valence-electron chi connectivity index (χ1n) is 7.22. The van der Waals surface area contributed by atoms with E-state index in [0.717, 1.165) is 38.8 Å². The van der Waals surface area contributed by atoms with Crippen molar-refractivity contribution in [2.75, 3.05) is 32.7 Å². The first kappa shape index (κ1) is 16.4. The zero-order valence-corrected chi connectivity index (χ0v) is 12.8. The molecule has 1 aromatic carbocycles. The minimum Gasteiger partial charge on any atom is -0.316 e. The number of rotatable bonds is 3. The Morgan fingerprint density at radius 1 is 1.29 bits per heavy atom.